The van der Waals surface area contributed by atoms with Gasteiger partial charge in [0.05, 0.1) is 48.3 Å². The number of rotatable bonds is 14. The van der Waals surface area contributed by atoms with Crippen LogP contribution in [-0.4, -0.2) is 91.1 Å². The molecule has 50 heavy (non-hydrogen) atoms. The van der Waals surface area contributed by atoms with Gasteiger partial charge in [0.1, 0.15) is 6.10 Å². The highest BCUT2D eigenvalue weighted by molar-refractivity contribution is 7.89. The molecular formula is C37H44N4O8S. The summed E-state index contributed by atoms with van der Waals surface area (Å²) in [5.41, 5.74) is 2.76. The molecule has 266 valence electrons. The molecule has 1 aromatic heterocycles. The molecule has 2 aliphatic rings. The van der Waals surface area contributed by atoms with Gasteiger partial charge >= 0.3 is 6.09 Å². The molecule has 5 atom stereocenters. The number of sulfonamides is 1. The first-order valence-electron chi connectivity index (χ1n) is 16.9. The quantitative estimate of drug-likeness (QED) is 0.139. The van der Waals surface area contributed by atoms with Crippen LogP contribution in [0, 0.1) is 11.8 Å². The Morgan fingerprint density at radius 1 is 1.06 bits per heavy atom. The molecule has 12 nitrogen and oxygen atoms in total. The SMILES string of the molecule is CC(C)CN(C[C@@H](O)[C@H](Cc1ccccc1)NC(=O)O[C@H]1CO[C@H]2OCC[C@H]21)S(=O)(=O)c1ccc2[nH]c(O)c(C=NCc3ccccc3)c2c1. The Kier molecular flexibility index (Phi) is 11.2. The van der Waals surface area contributed by atoms with Crippen molar-refractivity contribution in [1.82, 2.24) is 14.6 Å². The number of ether oxygens (including phenoxy) is 3. The van der Waals surface area contributed by atoms with Crippen LogP contribution in [0.1, 0.15) is 37.0 Å². The standard InChI is InChI=1S/C37H44N4O8S/c1-24(2)21-41(50(45,46)27-13-14-31-29(18-27)30(35(43)39-31)20-38-19-26-11-7-4-8-12-26)22-33(42)32(17-25-9-5-3-6-10-25)40-37(44)49-34-23-48-36-28(34)15-16-47-36/h3-14,18,20,24,28,32-34,36,39,42-43H,15-17,19,21-23H2,1-2H3,(H,40,44)/t28-,32-,33+,34-,36+/m0/s1. The van der Waals surface area contributed by atoms with Crippen LogP contribution >= 0.6 is 0 Å². The lowest BCUT2D eigenvalue weighted by molar-refractivity contribution is -0.0907. The molecule has 6 rings (SSSR count). The number of H-pyrrole nitrogens is 1. The number of alkyl carbamates (subject to hydrolysis) is 1. The van der Waals surface area contributed by atoms with Gasteiger partial charge in [-0.2, -0.15) is 4.31 Å². The number of fused-ring (bicyclic) bond motifs is 2. The van der Waals surface area contributed by atoms with Gasteiger partial charge in [-0.3, -0.25) is 4.99 Å². The average Bonchev–Trinajstić information content (AvgIpc) is 3.80. The number of carbonyl (C=O) groups excluding carboxylic acids is 1. The van der Waals surface area contributed by atoms with Crippen molar-refractivity contribution in [2.45, 2.75) is 62.7 Å². The predicted octanol–water partition coefficient (Wildman–Crippen LogP) is 4.60. The number of aliphatic imine (C=N–C) groups is 1. The Balaban J connectivity index is 1.22. The first kappa shape index (κ1) is 35.6. The third-order valence-corrected chi connectivity index (χ3v) is 10.9. The second-order valence-electron chi connectivity index (χ2n) is 13.2. The molecule has 0 radical (unpaired) electrons. The highest BCUT2D eigenvalue weighted by Crippen LogP contribution is 2.33. The fourth-order valence-corrected chi connectivity index (χ4v) is 8.13. The van der Waals surface area contributed by atoms with Crippen LogP contribution in [-0.2, 0) is 37.2 Å². The second kappa shape index (κ2) is 15.7. The fraction of sp³-hybridized carbons (Fsp3) is 0.405. The molecule has 3 aromatic carbocycles. The van der Waals surface area contributed by atoms with Crippen molar-refractivity contribution >= 4 is 33.2 Å². The van der Waals surface area contributed by atoms with Crippen molar-refractivity contribution in [3.8, 4) is 5.88 Å². The summed E-state index contributed by atoms with van der Waals surface area (Å²) in [5, 5.41) is 25.6. The first-order valence-corrected chi connectivity index (χ1v) is 18.3. The van der Waals surface area contributed by atoms with E-state index in [2.05, 4.69) is 15.3 Å². The molecule has 0 unspecified atom stereocenters. The molecule has 3 heterocycles. The van der Waals surface area contributed by atoms with Gasteiger partial charge in [-0.05, 0) is 48.1 Å². The van der Waals surface area contributed by atoms with E-state index >= 15 is 0 Å². The molecule has 0 aliphatic carbocycles. The van der Waals surface area contributed by atoms with Crippen LogP contribution in [0.5, 0.6) is 5.88 Å². The average molecular weight is 705 g/mol. The topological polar surface area (TPSA) is 163 Å². The molecule has 1 amide bonds. The van der Waals surface area contributed by atoms with E-state index in [-0.39, 0.29) is 55.0 Å². The van der Waals surface area contributed by atoms with Gasteiger partial charge in [-0.1, -0.05) is 74.5 Å². The van der Waals surface area contributed by atoms with Crippen LogP contribution in [0.25, 0.3) is 10.9 Å². The fourth-order valence-electron chi connectivity index (χ4n) is 6.48. The number of aromatic amines is 1. The number of aromatic nitrogens is 1. The number of nitrogens with one attached hydrogen (secondary N) is 2. The summed E-state index contributed by atoms with van der Waals surface area (Å²) in [6.45, 7) is 4.76. The lowest BCUT2D eigenvalue weighted by Crippen LogP contribution is -2.51. The van der Waals surface area contributed by atoms with Crippen molar-refractivity contribution in [2.75, 3.05) is 26.3 Å². The second-order valence-corrected chi connectivity index (χ2v) is 15.2. The predicted molar refractivity (Wildman–Crippen MR) is 188 cm³/mol. The summed E-state index contributed by atoms with van der Waals surface area (Å²) >= 11 is 0. The molecule has 0 saturated carbocycles. The van der Waals surface area contributed by atoms with Crippen LogP contribution < -0.4 is 5.32 Å². The smallest absolute Gasteiger partial charge is 0.407 e. The third-order valence-electron chi connectivity index (χ3n) is 9.03. The highest BCUT2D eigenvalue weighted by atomic mass is 32.2. The molecule has 2 saturated heterocycles. The van der Waals surface area contributed by atoms with Crippen molar-refractivity contribution in [3.63, 3.8) is 0 Å². The summed E-state index contributed by atoms with van der Waals surface area (Å²) in [4.78, 5) is 20.5. The third kappa shape index (κ3) is 8.36. The van der Waals surface area contributed by atoms with Gasteiger partial charge < -0.3 is 34.7 Å². The maximum atomic E-state index is 14.3. The van der Waals surface area contributed by atoms with Crippen LogP contribution in [0.2, 0.25) is 0 Å². The van der Waals surface area contributed by atoms with E-state index in [1.165, 1.54) is 22.7 Å². The Labute approximate surface area is 292 Å². The van der Waals surface area contributed by atoms with E-state index in [4.69, 9.17) is 14.2 Å². The number of carbonyl (C=O) groups is 1. The van der Waals surface area contributed by atoms with Crippen LogP contribution in [0.4, 0.5) is 4.79 Å². The number of hydrogen-bond acceptors (Lipinski definition) is 9. The van der Waals surface area contributed by atoms with Gasteiger partial charge in [-0.15, -0.1) is 0 Å². The summed E-state index contributed by atoms with van der Waals surface area (Å²) in [5.74, 6) is -0.255. The van der Waals surface area contributed by atoms with E-state index in [1.54, 1.807) is 6.07 Å². The molecule has 13 heteroatoms. The maximum Gasteiger partial charge on any atom is 0.407 e. The monoisotopic (exact) mass is 704 g/mol. The van der Waals surface area contributed by atoms with Crippen molar-refractivity contribution < 1.29 is 37.6 Å². The normalized spacial score (nSPS) is 20.5. The van der Waals surface area contributed by atoms with Gasteiger partial charge in [-0.25, -0.2) is 13.2 Å². The summed E-state index contributed by atoms with van der Waals surface area (Å²) in [7, 11) is -4.16. The number of hydrogen-bond donors (Lipinski definition) is 4. The maximum absolute atomic E-state index is 14.3. The van der Waals surface area contributed by atoms with Gasteiger partial charge in [0.15, 0.2) is 12.2 Å². The number of amides is 1. The van der Waals surface area contributed by atoms with Crippen molar-refractivity contribution in [3.05, 3.63) is 95.6 Å². The summed E-state index contributed by atoms with van der Waals surface area (Å²) < 4.78 is 46.7. The number of nitrogens with zero attached hydrogens (tertiary/aromatic N) is 2. The summed E-state index contributed by atoms with van der Waals surface area (Å²) in [6, 6.07) is 22.7. The van der Waals surface area contributed by atoms with E-state index < -0.39 is 34.4 Å². The lowest BCUT2D eigenvalue weighted by Gasteiger charge is -2.31. The van der Waals surface area contributed by atoms with Crippen molar-refractivity contribution in [1.29, 1.82) is 0 Å². The highest BCUT2D eigenvalue weighted by Gasteiger charge is 2.44. The number of aliphatic hydroxyl groups excluding tert-OH is 1. The lowest BCUT2D eigenvalue weighted by atomic mass is 10.0. The van der Waals surface area contributed by atoms with Crippen LogP contribution in [0.15, 0.2) is 88.8 Å². The Morgan fingerprint density at radius 2 is 1.78 bits per heavy atom. The van der Waals surface area contributed by atoms with Crippen LogP contribution in [0.3, 0.4) is 0 Å². The molecule has 2 aliphatic heterocycles. The Bertz CT molecular complexity index is 1880. The molecular weight excluding hydrogens is 660 g/mol. The number of aliphatic hydroxyl groups is 1. The summed E-state index contributed by atoms with van der Waals surface area (Å²) in [6.07, 6.45) is -0.390. The number of benzene rings is 3. The van der Waals surface area contributed by atoms with E-state index in [9.17, 15) is 23.4 Å². The van der Waals surface area contributed by atoms with E-state index in [0.29, 0.717) is 29.6 Å². The molecule has 4 N–H and O–H groups in total. The molecule has 2 fully saturated rings. The van der Waals surface area contributed by atoms with Crippen molar-refractivity contribution in [2.24, 2.45) is 16.8 Å². The Morgan fingerprint density at radius 3 is 2.50 bits per heavy atom. The minimum Gasteiger partial charge on any atom is -0.494 e. The van der Waals surface area contributed by atoms with E-state index in [1.807, 2.05) is 74.5 Å². The van der Waals surface area contributed by atoms with Gasteiger partial charge in [0, 0.05) is 30.2 Å². The Hall–Kier alpha value is -4.27. The minimum absolute atomic E-state index is 0.00360. The zero-order valence-corrected chi connectivity index (χ0v) is 29.0. The van der Waals surface area contributed by atoms with Gasteiger partial charge in [0.2, 0.25) is 10.0 Å². The zero-order chi connectivity index (χ0) is 35.3. The first-order chi connectivity index (χ1) is 24.1. The molecule has 0 spiro atoms. The zero-order valence-electron chi connectivity index (χ0n) is 28.1. The van der Waals surface area contributed by atoms with E-state index in [0.717, 1.165) is 17.5 Å². The molecule has 4 aromatic rings. The molecule has 0 bridgehead atoms. The number of aromatic hydroxyl groups is 1. The minimum atomic E-state index is -4.16. The largest absolute Gasteiger partial charge is 0.494 e. The van der Waals surface area contributed by atoms with Gasteiger partial charge in [0.25, 0.3) is 0 Å².